The van der Waals surface area contributed by atoms with Crippen molar-refractivity contribution in [3.63, 3.8) is 0 Å². The Morgan fingerprint density at radius 2 is 2.07 bits per heavy atom. The van der Waals surface area contributed by atoms with Gasteiger partial charge in [0.2, 0.25) is 0 Å². The van der Waals surface area contributed by atoms with Gasteiger partial charge in [0.25, 0.3) is 0 Å². The first-order valence-corrected chi connectivity index (χ1v) is 4.96. The highest BCUT2D eigenvalue weighted by Crippen LogP contribution is 2.22. The molecule has 78 valence electrons. The van der Waals surface area contributed by atoms with Crippen LogP contribution in [0.2, 0.25) is 0 Å². The molecule has 0 bridgehead atoms. The number of nitrogens with one attached hydrogen (secondary N) is 1. The summed E-state index contributed by atoms with van der Waals surface area (Å²) in [5, 5.41) is 7.77. The average molecular weight is 202 g/mol. The topological polar surface area (TPSA) is 45.8 Å². The van der Waals surface area contributed by atoms with Gasteiger partial charge in [-0.2, -0.15) is 5.10 Å². The van der Waals surface area contributed by atoms with E-state index >= 15 is 0 Å². The molecule has 0 fully saturated rings. The number of fused-ring (bicyclic) bond motifs is 1. The molecule has 0 atom stereocenters. The Kier molecular flexibility index (Phi) is 2.11. The third kappa shape index (κ3) is 1.77. The van der Waals surface area contributed by atoms with Crippen molar-refractivity contribution in [1.82, 2.24) is 10.2 Å². The Hall–Kier alpha value is -1.64. The van der Waals surface area contributed by atoms with Gasteiger partial charge in [0.15, 0.2) is 5.78 Å². The third-order valence-corrected chi connectivity index (χ3v) is 2.38. The molecule has 0 unspecified atom stereocenters. The fraction of sp³-hybridized carbons (Fsp3) is 0.333. The normalized spacial score (nSPS) is 11.9. The van der Waals surface area contributed by atoms with Crippen molar-refractivity contribution in [2.75, 3.05) is 0 Å². The summed E-state index contributed by atoms with van der Waals surface area (Å²) in [4.78, 5) is 12.0. The van der Waals surface area contributed by atoms with Crippen molar-refractivity contribution in [3.8, 4) is 0 Å². The van der Waals surface area contributed by atoms with E-state index < -0.39 is 0 Å². The van der Waals surface area contributed by atoms with Gasteiger partial charge in [0.05, 0.1) is 11.7 Å². The number of aromatic amines is 1. The van der Waals surface area contributed by atoms with Crippen LogP contribution in [0, 0.1) is 5.41 Å². The second-order valence-electron chi connectivity index (χ2n) is 4.75. The van der Waals surface area contributed by atoms with Gasteiger partial charge in [-0.25, -0.2) is 0 Å². The van der Waals surface area contributed by atoms with Crippen LogP contribution in [-0.2, 0) is 0 Å². The standard InChI is InChI=1S/C12H14N2O/c1-12(2,3)11(15)8-4-5-10-9(6-8)7-13-14-10/h4-7H,1-3H3,(H,13,14). The van der Waals surface area contributed by atoms with E-state index in [0.29, 0.717) is 0 Å². The summed E-state index contributed by atoms with van der Waals surface area (Å²) in [6, 6.07) is 5.61. The predicted molar refractivity (Wildman–Crippen MR) is 59.9 cm³/mol. The van der Waals surface area contributed by atoms with E-state index in [9.17, 15) is 4.79 Å². The summed E-state index contributed by atoms with van der Waals surface area (Å²) in [6.07, 6.45) is 1.73. The molecule has 0 amide bonds. The van der Waals surface area contributed by atoms with Crippen LogP contribution >= 0.6 is 0 Å². The SMILES string of the molecule is CC(C)(C)C(=O)c1ccc2[nH]ncc2c1. The molecule has 0 saturated heterocycles. The first kappa shape index (κ1) is 9.90. The molecule has 1 aromatic carbocycles. The van der Waals surface area contributed by atoms with Crippen molar-refractivity contribution < 1.29 is 4.79 Å². The van der Waals surface area contributed by atoms with Gasteiger partial charge < -0.3 is 0 Å². The van der Waals surface area contributed by atoms with Crippen LogP contribution in [0.1, 0.15) is 31.1 Å². The number of nitrogens with zero attached hydrogens (tertiary/aromatic N) is 1. The van der Waals surface area contributed by atoms with E-state index in [1.165, 1.54) is 0 Å². The predicted octanol–water partition coefficient (Wildman–Crippen LogP) is 2.79. The van der Waals surface area contributed by atoms with Crippen molar-refractivity contribution >= 4 is 16.7 Å². The Labute approximate surface area is 88.5 Å². The summed E-state index contributed by atoms with van der Waals surface area (Å²) < 4.78 is 0. The minimum Gasteiger partial charge on any atom is -0.294 e. The second kappa shape index (κ2) is 3.19. The number of carbonyl (C=O) groups is 1. The first-order chi connectivity index (χ1) is 6.98. The van der Waals surface area contributed by atoms with Gasteiger partial charge >= 0.3 is 0 Å². The maximum Gasteiger partial charge on any atom is 0.168 e. The van der Waals surface area contributed by atoms with Crippen LogP contribution in [0.4, 0.5) is 0 Å². The molecule has 1 N–H and O–H groups in total. The van der Waals surface area contributed by atoms with Gasteiger partial charge in [-0.1, -0.05) is 20.8 Å². The van der Waals surface area contributed by atoms with Crippen LogP contribution in [0.15, 0.2) is 24.4 Å². The summed E-state index contributed by atoms with van der Waals surface area (Å²) in [6.45, 7) is 5.78. The van der Waals surface area contributed by atoms with Gasteiger partial charge in [-0.15, -0.1) is 0 Å². The largest absolute Gasteiger partial charge is 0.294 e. The number of carbonyl (C=O) groups excluding carboxylic acids is 1. The van der Waals surface area contributed by atoms with Crippen LogP contribution < -0.4 is 0 Å². The van der Waals surface area contributed by atoms with E-state index in [1.54, 1.807) is 6.20 Å². The summed E-state index contributed by atoms with van der Waals surface area (Å²) in [5.41, 5.74) is 1.37. The fourth-order valence-electron chi connectivity index (χ4n) is 1.52. The molecule has 0 saturated carbocycles. The molecule has 1 aromatic heterocycles. The zero-order valence-corrected chi connectivity index (χ0v) is 9.16. The van der Waals surface area contributed by atoms with Crippen LogP contribution in [0.5, 0.6) is 0 Å². The molecular formula is C12H14N2O. The average Bonchev–Trinajstić information content (AvgIpc) is 2.61. The quantitative estimate of drug-likeness (QED) is 0.723. The number of benzene rings is 1. The zero-order chi connectivity index (χ0) is 11.1. The Morgan fingerprint density at radius 3 is 2.73 bits per heavy atom. The summed E-state index contributed by atoms with van der Waals surface area (Å²) in [7, 11) is 0. The maximum atomic E-state index is 12.0. The number of H-pyrrole nitrogens is 1. The lowest BCUT2D eigenvalue weighted by atomic mass is 9.86. The lowest BCUT2D eigenvalue weighted by Gasteiger charge is -2.16. The Balaban J connectivity index is 2.49. The van der Waals surface area contributed by atoms with Gasteiger partial charge in [-0.3, -0.25) is 9.89 Å². The maximum absolute atomic E-state index is 12.0. The number of hydrogen-bond acceptors (Lipinski definition) is 2. The number of hydrogen-bond donors (Lipinski definition) is 1. The van der Waals surface area contributed by atoms with Crippen LogP contribution in [-0.4, -0.2) is 16.0 Å². The monoisotopic (exact) mass is 202 g/mol. The van der Waals surface area contributed by atoms with Crippen molar-refractivity contribution in [3.05, 3.63) is 30.0 Å². The second-order valence-corrected chi connectivity index (χ2v) is 4.75. The highest BCUT2D eigenvalue weighted by Gasteiger charge is 2.22. The van der Waals surface area contributed by atoms with Crippen molar-refractivity contribution in [1.29, 1.82) is 0 Å². The zero-order valence-electron chi connectivity index (χ0n) is 9.16. The van der Waals surface area contributed by atoms with Crippen LogP contribution in [0.25, 0.3) is 10.9 Å². The molecule has 3 nitrogen and oxygen atoms in total. The highest BCUT2D eigenvalue weighted by atomic mass is 16.1. The minimum absolute atomic E-state index is 0.158. The molecule has 0 aliphatic heterocycles. The Bertz CT molecular complexity index is 506. The number of rotatable bonds is 1. The molecule has 2 rings (SSSR count). The number of ketones is 1. The third-order valence-electron chi connectivity index (χ3n) is 2.38. The number of Topliss-reactive ketones (excluding diaryl/α,β-unsaturated/α-hetero) is 1. The van der Waals surface area contributed by atoms with Crippen molar-refractivity contribution in [2.24, 2.45) is 5.41 Å². The first-order valence-electron chi connectivity index (χ1n) is 4.96. The molecule has 0 aliphatic rings. The molecule has 3 heteroatoms. The molecule has 0 spiro atoms. The molecule has 0 aliphatic carbocycles. The van der Waals surface area contributed by atoms with E-state index in [0.717, 1.165) is 16.5 Å². The highest BCUT2D eigenvalue weighted by molar-refractivity contribution is 6.02. The number of aromatic nitrogens is 2. The van der Waals surface area contributed by atoms with Gasteiger partial charge in [0, 0.05) is 16.4 Å². The van der Waals surface area contributed by atoms with E-state index in [-0.39, 0.29) is 11.2 Å². The van der Waals surface area contributed by atoms with Gasteiger partial charge in [0.1, 0.15) is 0 Å². The van der Waals surface area contributed by atoms with E-state index in [2.05, 4.69) is 10.2 Å². The van der Waals surface area contributed by atoms with Crippen molar-refractivity contribution in [2.45, 2.75) is 20.8 Å². The molecule has 1 heterocycles. The lowest BCUT2D eigenvalue weighted by Crippen LogP contribution is -2.19. The van der Waals surface area contributed by atoms with Gasteiger partial charge in [-0.05, 0) is 18.2 Å². The molecule has 0 radical (unpaired) electrons. The summed E-state index contributed by atoms with van der Waals surface area (Å²) >= 11 is 0. The molecule has 2 aromatic rings. The summed E-state index contributed by atoms with van der Waals surface area (Å²) in [5.74, 6) is 0.158. The molecular weight excluding hydrogens is 188 g/mol. The Morgan fingerprint density at radius 1 is 1.33 bits per heavy atom. The smallest absolute Gasteiger partial charge is 0.168 e. The fourth-order valence-corrected chi connectivity index (χ4v) is 1.52. The van der Waals surface area contributed by atoms with E-state index in [1.807, 2.05) is 39.0 Å². The lowest BCUT2D eigenvalue weighted by molar-refractivity contribution is 0.0858. The minimum atomic E-state index is -0.336. The van der Waals surface area contributed by atoms with Crippen LogP contribution in [0.3, 0.4) is 0 Å². The van der Waals surface area contributed by atoms with E-state index in [4.69, 9.17) is 0 Å². The molecule has 15 heavy (non-hydrogen) atoms.